The third-order valence-corrected chi connectivity index (χ3v) is 4.78. The van der Waals surface area contributed by atoms with Crippen LogP contribution in [-0.4, -0.2) is 50.7 Å². The van der Waals surface area contributed by atoms with Crippen LogP contribution in [0.4, 0.5) is 0 Å². The zero-order chi connectivity index (χ0) is 18.4. The summed E-state index contributed by atoms with van der Waals surface area (Å²) >= 11 is 6.39. The van der Waals surface area contributed by atoms with Gasteiger partial charge in [-0.2, -0.15) is 0 Å². The Labute approximate surface area is 155 Å². The molecule has 1 amide bonds. The maximum atomic E-state index is 12.9. The van der Waals surface area contributed by atoms with Crippen LogP contribution in [0.15, 0.2) is 12.1 Å². The molecule has 0 aliphatic carbocycles. The summed E-state index contributed by atoms with van der Waals surface area (Å²) in [6.07, 6.45) is 2.98. The lowest BCUT2D eigenvalue weighted by atomic mass is 10.1. The number of methoxy groups -OCH3 is 1. The minimum Gasteiger partial charge on any atom is -0.493 e. The maximum absolute atomic E-state index is 12.9. The van der Waals surface area contributed by atoms with Crippen molar-refractivity contribution in [3.63, 3.8) is 0 Å². The lowest BCUT2D eigenvalue weighted by Gasteiger charge is -2.25. The average Bonchev–Trinajstić information content (AvgIpc) is 3.03. The molecule has 25 heavy (non-hydrogen) atoms. The van der Waals surface area contributed by atoms with Gasteiger partial charge in [0.25, 0.3) is 5.91 Å². The average molecular weight is 369 g/mol. The van der Waals surface area contributed by atoms with Crippen molar-refractivity contribution in [2.75, 3.05) is 33.9 Å². The molecule has 1 heterocycles. The van der Waals surface area contributed by atoms with Crippen molar-refractivity contribution < 1.29 is 14.3 Å². The highest BCUT2D eigenvalue weighted by atomic mass is 35.5. The Morgan fingerprint density at radius 3 is 2.84 bits per heavy atom. The summed E-state index contributed by atoms with van der Waals surface area (Å²) in [6, 6.07) is 3.64. The van der Waals surface area contributed by atoms with Gasteiger partial charge in [0.2, 0.25) is 0 Å². The first-order valence-electron chi connectivity index (χ1n) is 8.93. The number of likely N-dealkylation sites (N-methyl/N-ethyl adjacent to an activating group) is 1. The van der Waals surface area contributed by atoms with Crippen LogP contribution in [0, 0.1) is 5.92 Å². The second kappa shape index (κ2) is 9.30. The molecule has 1 saturated heterocycles. The zero-order valence-electron chi connectivity index (χ0n) is 15.6. The van der Waals surface area contributed by atoms with Crippen molar-refractivity contribution in [1.82, 2.24) is 10.2 Å². The zero-order valence-corrected chi connectivity index (χ0v) is 16.4. The van der Waals surface area contributed by atoms with Gasteiger partial charge in [0.1, 0.15) is 0 Å². The number of rotatable bonds is 8. The van der Waals surface area contributed by atoms with E-state index in [-0.39, 0.29) is 11.9 Å². The van der Waals surface area contributed by atoms with Crippen molar-refractivity contribution >= 4 is 17.5 Å². The van der Waals surface area contributed by atoms with Gasteiger partial charge in [0.05, 0.1) is 18.7 Å². The molecular formula is C19H29ClN2O3. The van der Waals surface area contributed by atoms with Gasteiger partial charge in [-0.25, -0.2) is 0 Å². The summed E-state index contributed by atoms with van der Waals surface area (Å²) in [7, 11) is 3.47. The lowest BCUT2D eigenvalue weighted by Crippen LogP contribution is -2.40. The molecule has 1 atom stereocenters. The Bertz CT molecular complexity index is 592. The highest BCUT2D eigenvalue weighted by Gasteiger charge is 2.29. The first-order chi connectivity index (χ1) is 12.0. The van der Waals surface area contributed by atoms with Crippen LogP contribution in [0.5, 0.6) is 11.5 Å². The molecule has 1 aliphatic rings. The number of carbonyl (C=O) groups is 1. The molecule has 6 heteroatoms. The fourth-order valence-electron chi connectivity index (χ4n) is 3.10. The van der Waals surface area contributed by atoms with Gasteiger partial charge in [0.15, 0.2) is 11.5 Å². The molecular weight excluding hydrogens is 340 g/mol. The fourth-order valence-corrected chi connectivity index (χ4v) is 3.36. The number of nitrogens with zero attached hydrogens (tertiary/aromatic N) is 1. The number of nitrogens with one attached hydrogen (secondary N) is 1. The molecule has 0 bridgehead atoms. The van der Waals surface area contributed by atoms with Gasteiger partial charge < -0.3 is 19.7 Å². The van der Waals surface area contributed by atoms with Crippen molar-refractivity contribution in [3.05, 3.63) is 22.7 Å². The smallest absolute Gasteiger partial charge is 0.254 e. The highest BCUT2D eigenvalue weighted by Crippen LogP contribution is 2.37. The molecule has 0 spiro atoms. The van der Waals surface area contributed by atoms with E-state index in [0.29, 0.717) is 34.6 Å². The number of hydrogen-bond donors (Lipinski definition) is 1. The van der Waals surface area contributed by atoms with Gasteiger partial charge in [0, 0.05) is 24.7 Å². The number of benzene rings is 1. The first kappa shape index (κ1) is 19.9. The van der Waals surface area contributed by atoms with E-state index >= 15 is 0 Å². The van der Waals surface area contributed by atoms with E-state index in [9.17, 15) is 4.79 Å². The number of hydrogen-bond acceptors (Lipinski definition) is 4. The van der Waals surface area contributed by atoms with Crippen LogP contribution in [-0.2, 0) is 0 Å². The Morgan fingerprint density at radius 1 is 1.44 bits per heavy atom. The van der Waals surface area contributed by atoms with Gasteiger partial charge in [-0.3, -0.25) is 4.79 Å². The molecule has 1 fully saturated rings. The summed E-state index contributed by atoms with van der Waals surface area (Å²) in [6.45, 7) is 6.42. The lowest BCUT2D eigenvalue weighted by molar-refractivity contribution is 0.0736. The fraction of sp³-hybridized carbons (Fsp3) is 0.632. The molecule has 0 saturated carbocycles. The van der Waals surface area contributed by atoms with E-state index in [1.165, 1.54) is 0 Å². The van der Waals surface area contributed by atoms with Crippen LogP contribution in [0.1, 0.15) is 43.5 Å². The molecule has 1 aliphatic heterocycles. The van der Waals surface area contributed by atoms with E-state index in [1.807, 2.05) is 11.9 Å². The topological polar surface area (TPSA) is 50.8 Å². The molecule has 0 radical (unpaired) electrons. The van der Waals surface area contributed by atoms with Crippen LogP contribution in [0.2, 0.25) is 5.02 Å². The molecule has 0 aromatic heterocycles. The minimum absolute atomic E-state index is 0.00770. The van der Waals surface area contributed by atoms with Crippen molar-refractivity contribution in [2.45, 2.75) is 39.2 Å². The van der Waals surface area contributed by atoms with Crippen LogP contribution < -0.4 is 14.8 Å². The maximum Gasteiger partial charge on any atom is 0.254 e. The van der Waals surface area contributed by atoms with E-state index in [4.69, 9.17) is 21.1 Å². The van der Waals surface area contributed by atoms with Crippen molar-refractivity contribution in [1.29, 1.82) is 0 Å². The highest BCUT2D eigenvalue weighted by molar-refractivity contribution is 6.32. The van der Waals surface area contributed by atoms with Crippen molar-refractivity contribution in [2.24, 2.45) is 5.92 Å². The Morgan fingerprint density at radius 2 is 2.20 bits per heavy atom. The minimum atomic E-state index is -0.00770. The quantitative estimate of drug-likeness (QED) is 0.761. The predicted molar refractivity (Wildman–Crippen MR) is 101 cm³/mol. The SMILES string of the molecule is CNCC1CCCN1C(=O)c1cc(Cl)c(OCCC(C)C)c(OC)c1. The first-order valence-corrected chi connectivity index (χ1v) is 9.31. The van der Waals surface area contributed by atoms with Crippen LogP contribution >= 0.6 is 11.6 Å². The monoisotopic (exact) mass is 368 g/mol. The molecule has 5 nitrogen and oxygen atoms in total. The normalized spacial score (nSPS) is 17.2. The third-order valence-electron chi connectivity index (χ3n) is 4.50. The molecule has 1 aromatic rings. The third kappa shape index (κ3) is 5.02. The molecule has 1 unspecified atom stereocenters. The summed E-state index contributed by atoms with van der Waals surface area (Å²) in [5.41, 5.74) is 0.543. The van der Waals surface area contributed by atoms with Gasteiger partial charge in [-0.15, -0.1) is 0 Å². The molecule has 140 valence electrons. The molecule has 1 N–H and O–H groups in total. The summed E-state index contributed by atoms with van der Waals surface area (Å²) in [5, 5.41) is 3.57. The Hall–Kier alpha value is -1.46. The second-order valence-corrected chi connectivity index (χ2v) is 7.28. The summed E-state index contributed by atoms with van der Waals surface area (Å²) in [4.78, 5) is 14.8. The van der Waals surface area contributed by atoms with Gasteiger partial charge in [-0.1, -0.05) is 25.4 Å². The van der Waals surface area contributed by atoms with Gasteiger partial charge >= 0.3 is 0 Å². The molecule has 2 rings (SSSR count). The summed E-state index contributed by atoms with van der Waals surface area (Å²) < 4.78 is 11.2. The number of halogens is 1. The van der Waals surface area contributed by atoms with E-state index < -0.39 is 0 Å². The van der Waals surface area contributed by atoms with Crippen LogP contribution in [0.3, 0.4) is 0 Å². The van der Waals surface area contributed by atoms with Crippen LogP contribution in [0.25, 0.3) is 0 Å². The predicted octanol–water partition coefficient (Wildman–Crippen LogP) is 3.60. The van der Waals surface area contributed by atoms with E-state index in [0.717, 1.165) is 32.4 Å². The Balaban J connectivity index is 2.19. The number of ether oxygens (including phenoxy) is 2. The second-order valence-electron chi connectivity index (χ2n) is 6.87. The van der Waals surface area contributed by atoms with E-state index in [2.05, 4.69) is 19.2 Å². The molecule has 1 aromatic carbocycles. The standard InChI is InChI=1S/C19H29ClN2O3/c1-13(2)7-9-25-18-16(20)10-14(11-17(18)24-4)19(23)22-8-5-6-15(22)12-21-3/h10-11,13,15,21H,5-9,12H2,1-4H3. The van der Waals surface area contributed by atoms with E-state index in [1.54, 1.807) is 19.2 Å². The largest absolute Gasteiger partial charge is 0.493 e. The number of carbonyl (C=O) groups excluding carboxylic acids is 1. The van der Waals surface area contributed by atoms with Gasteiger partial charge in [-0.05, 0) is 44.4 Å². The van der Waals surface area contributed by atoms with Crippen molar-refractivity contribution in [3.8, 4) is 11.5 Å². The summed E-state index contributed by atoms with van der Waals surface area (Å²) in [5.74, 6) is 1.55. The Kier molecular flexibility index (Phi) is 7.38. The number of amides is 1. The number of likely N-dealkylation sites (tertiary alicyclic amines) is 1.